The number of nitrogens with one attached hydrogen (secondary N) is 2. The number of aromatic nitrogens is 4. The van der Waals surface area contributed by atoms with Gasteiger partial charge in [0, 0.05) is 5.69 Å². The van der Waals surface area contributed by atoms with Gasteiger partial charge in [-0.1, -0.05) is 13.8 Å². The molecule has 1 aliphatic heterocycles. The predicted octanol–water partition coefficient (Wildman–Crippen LogP) is 2.22. The van der Waals surface area contributed by atoms with Crippen LogP contribution in [0.15, 0.2) is 30.6 Å². The van der Waals surface area contributed by atoms with E-state index in [1.165, 1.54) is 6.33 Å². The van der Waals surface area contributed by atoms with Gasteiger partial charge in [0.1, 0.15) is 17.8 Å². The zero-order valence-corrected chi connectivity index (χ0v) is 15.1. The number of ether oxygens (including phenoxy) is 1. The third-order valence-corrected chi connectivity index (χ3v) is 4.27. The van der Waals surface area contributed by atoms with E-state index in [1.807, 2.05) is 13.8 Å². The second-order valence-corrected chi connectivity index (χ2v) is 6.61. The number of hydrogen-bond donors (Lipinski definition) is 2. The summed E-state index contributed by atoms with van der Waals surface area (Å²) in [6, 6.07) is 6.76. The number of carbonyl (C=O) groups excluding carboxylic acids is 2. The van der Waals surface area contributed by atoms with Crippen molar-refractivity contribution in [2.75, 3.05) is 10.6 Å². The minimum atomic E-state index is -0.550. The van der Waals surface area contributed by atoms with E-state index < -0.39 is 6.10 Å². The van der Waals surface area contributed by atoms with Crippen LogP contribution in [-0.4, -0.2) is 37.5 Å². The molecule has 2 N–H and O–H groups in total. The summed E-state index contributed by atoms with van der Waals surface area (Å²) in [5, 5.41) is 9.69. The van der Waals surface area contributed by atoms with Gasteiger partial charge < -0.3 is 15.4 Å². The molecular formula is C18H18N6O3. The van der Waals surface area contributed by atoms with Gasteiger partial charge in [-0.15, -0.1) is 0 Å². The van der Waals surface area contributed by atoms with Crippen molar-refractivity contribution >= 4 is 29.0 Å². The lowest BCUT2D eigenvalue weighted by molar-refractivity contribution is -0.122. The molecule has 0 bridgehead atoms. The molecule has 9 nitrogen and oxygen atoms in total. The third-order valence-electron chi connectivity index (χ3n) is 4.27. The monoisotopic (exact) mass is 366 g/mol. The van der Waals surface area contributed by atoms with Crippen molar-refractivity contribution in [2.24, 2.45) is 0 Å². The highest BCUT2D eigenvalue weighted by Gasteiger charge is 2.24. The average molecular weight is 366 g/mol. The Bertz CT molecular complexity index is 1060. The molecule has 1 atom stereocenters. The third kappa shape index (κ3) is 3.07. The van der Waals surface area contributed by atoms with Crippen LogP contribution in [-0.2, 0) is 4.79 Å². The van der Waals surface area contributed by atoms with Gasteiger partial charge in [-0.3, -0.25) is 9.59 Å². The SMILES string of the molecule is CC1Oc2ccc(NC(=O)c3cc(C(C)C)n4ncnc4n3)cc2NC1=O. The maximum absolute atomic E-state index is 12.7. The van der Waals surface area contributed by atoms with Gasteiger partial charge in [0.25, 0.3) is 17.6 Å². The highest BCUT2D eigenvalue weighted by Crippen LogP contribution is 2.32. The lowest BCUT2D eigenvalue weighted by Gasteiger charge is -2.23. The number of anilines is 2. The first-order valence-electron chi connectivity index (χ1n) is 8.56. The van der Waals surface area contributed by atoms with E-state index in [2.05, 4.69) is 25.7 Å². The summed E-state index contributed by atoms with van der Waals surface area (Å²) in [4.78, 5) is 32.8. The first-order chi connectivity index (χ1) is 12.9. The Kier molecular flexibility index (Phi) is 3.98. The molecule has 3 heterocycles. The Morgan fingerprint density at radius 2 is 2.15 bits per heavy atom. The number of fused-ring (bicyclic) bond motifs is 2. The fourth-order valence-corrected chi connectivity index (χ4v) is 2.84. The molecule has 0 saturated heterocycles. The largest absolute Gasteiger partial charge is 0.479 e. The molecule has 0 spiro atoms. The highest BCUT2D eigenvalue weighted by atomic mass is 16.5. The molecule has 27 heavy (non-hydrogen) atoms. The number of hydrogen-bond acceptors (Lipinski definition) is 6. The summed E-state index contributed by atoms with van der Waals surface area (Å²) in [6.45, 7) is 5.68. The van der Waals surface area contributed by atoms with Gasteiger partial charge in [0.2, 0.25) is 0 Å². The molecule has 0 radical (unpaired) electrons. The van der Waals surface area contributed by atoms with Gasteiger partial charge in [-0.25, -0.2) is 9.50 Å². The van der Waals surface area contributed by atoms with Gasteiger partial charge in [-0.2, -0.15) is 10.1 Å². The molecule has 1 aromatic carbocycles. The molecule has 1 aliphatic rings. The van der Waals surface area contributed by atoms with Gasteiger partial charge in [0.15, 0.2) is 6.10 Å². The van der Waals surface area contributed by atoms with Crippen LogP contribution in [0.3, 0.4) is 0 Å². The first kappa shape index (κ1) is 17.0. The highest BCUT2D eigenvalue weighted by molar-refractivity contribution is 6.04. The standard InChI is InChI=1S/C18H18N6O3/c1-9(2)14-7-13(23-18-19-8-20-24(14)18)17(26)21-11-4-5-15-12(6-11)22-16(25)10(3)27-15/h4-10H,1-3H3,(H,21,26)(H,22,25). The van der Waals surface area contributed by atoms with Crippen molar-refractivity contribution < 1.29 is 14.3 Å². The summed E-state index contributed by atoms with van der Waals surface area (Å²) in [6.07, 6.45) is 0.856. The van der Waals surface area contributed by atoms with Crippen molar-refractivity contribution in [3.05, 3.63) is 42.0 Å². The van der Waals surface area contributed by atoms with Crippen LogP contribution >= 0.6 is 0 Å². The number of amides is 2. The van der Waals surface area contributed by atoms with Crippen LogP contribution in [0.4, 0.5) is 11.4 Å². The average Bonchev–Trinajstić information content (AvgIpc) is 3.10. The smallest absolute Gasteiger partial charge is 0.274 e. The molecular weight excluding hydrogens is 348 g/mol. The Morgan fingerprint density at radius 1 is 1.33 bits per heavy atom. The number of rotatable bonds is 3. The maximum Gasteiger partial charge on any atom is 0.274 e. The molecule has 4 rings (SSSR count). The molecule has 0 fully saturated rings. The minimum Gasteiger partial charge on any atom is -0.479 e. The topological polar surface area (TPSA) is 111 Å². The molecule has 2 amide bonds. The lowest BCUT2D eigenvalue weighted by atomic mass is 10.1. The number of nitrogens with zero attached hydrogens (tertiary/aromatic N) is 4. The summed E-state index contributed by atoms with van der Waals surface area (Å²) in [7, 11) is 0. The van der Waals surface area contributed by atoms with Crippen LogP contribution in [0.5, 0.6) is 5.75 Å². The molecule has 1 unspecified atom stereocenters. The molecule has 138 valence electrons. The van der Waals surface area contributed by atoms with Crippen molar-refractivity contribution in [1.82, 2.24) is 19.6 Å². The van der Waals surface area contributed by atoms with Gasteiger partial charge in [-0.05, 0) is 37.1 Å². The number of benzene rings is 1. The van der Waals surface area contributed by atoms with Crippen LogP contribution in [0, 0.1) is 0 Å². The van der Waals surface area contributed by atoms with E-state index in [9.17, 15) is 9.59 Å². The second-order valence-electron chi connectivity index (χ2n) is 6.61. The fourth-order valence-electron chi connectivity index (χ4n) is 2.84. The zero-order valence-electron chi connectivity index (χ0n) is 15.1. The van der Waals surface area contributed by atoms with E-state index in [4.69, 9.17) is 4.74 Å². The van der Waals surface area contributed by atoms with E-state index in [1.54, 1.807) is 35.7 Å². The lowest BCUT2D eigenvalue weighted by Crippen LogP contribution is -2.34. The number of carbonyl (C=O) groups is 2. The Hall–Kier alpha value is -3.49. The Morgan fingerprint density at radius 3 is 2.93 bits per heavy atom. The molecule has 3 aromatic rings. The van der Waals surface area contributed by atoms with E-state index in [0.717, 1.165) is 5.69 Å². The van der Waals surface area contributed by atoms with Crippen LogP contribution in [0.2, 0.25) is 0 Å². The van der Waals surface area contributed by atoms with Crippen molar-refractivity contribution in [2.45, 2.75) is 32.8 Å². The summed E-state index contributed by atoms with van der Waals surface area (Å²) >= 11 is 0. The fraction of sp³-hybridized carbons (Fsp3) is 0.278. The van der Waals surface area contributed by atoms with E-state index >= 15 is 0 Å². The van der Waals surface area contributed by atoms with Crippen LogP contribution < -0.4 is 15.4 Å². The van der Waals surface area contributed by atoms with Gasteiger partial charge >= 0.3 is 0 Å². The maximum atomic E-state index is 12.7. The van der Waals surface area contributed by atoms with Crippen molar-refractivity contribution in [1.29, 1.82) is 0 Å². The molecule has 0 saturated carbocycles. The quantitative estimate of drug-likeness (QED) is 0.735. The molecule has 2 aromatic heterocycles. The predicted molar refractivity (Wildman–Crippen MR) is 98.0 cm³/mol. The van der Waals surface area contributed by atoms with E-state index in [-0.39, 0.29) is 23.4 Å². The normalized spacial score (nSPS) is 16.0. The summed E-state index contributed by atoms with van der Waals surface area (Å²) < 4.78 is 7.13. The van der Waals surface area contributed by atoms with Gasteiger partial charge in [0.05, 0.1) is 11.4 Å². The second kappa shape index (κ2) is 6.35. The zero-order chi connectivity index (χ0) is 19.1. The van der Waals surface area contributed by atoms with Crippen LogP contribution in [0.25, 0.3) is 5.78 Å². The van der Waals surface area contributed by atoms with E-state index in [0.29, 0.717) is 22.9 Å². The Balaban J connectivity index is 1.62. The molecule has 0 aliphatic carbocycles. The Labute approximate surface area is 154 Å². The first-order valence-corrected chi connectivity index (χ1v) is 8.56. The van der Waals surface area contributed by atoms with Crippen molar-refractivity contribution in [3.8, 4) is 5.75 Å². The molecule has 9 heteroatoms. The summed E-state index contributed by atoms with van der Waals surface area (Å²) in [5.41, 5.74) is 2.11. The minimum absolute atomic E-state index is 0.141. The summed E-state index contributed by atoms with van der Waals surface area (Å²) in [5.74, 6) is 0.462. The van der Waals surface area contributed by atoms with Crippen molar-refractivity contribution in [3.63, 3.8) is 0 Å². The van der Waals surface area contributed by atoms with Crippen LogP contribution in [0.1, 0.15) is 42.9 Å².